The van der Waals surface area contributed by atoms with Gasteiger partial charge in [-0.2, -0.15) is 0 Å². The van der Waals surface area contributed by atoms with E-state index in [4.69, 9.17) is 9.26 Å². The number of methoxy groups -OCH3 is 1. The zero-order chi connectivity index (χ0) is 18.1. The van der Waals surface area contributed by atoms with Crippen LogP contribution in [0.25, 0.3) is 11.3 Å². The second-order valence-electron chi connectivity index (χ2n) is 6.22. The monoisotopic (exact) mass is 412 g/mol. The molecule has 0 bridgehead atoms. The van der Waals surface area contributed by atoms with Crippen LogP contribution in [0.1, 0.15) is 28.1 Å². The van der Waals surface area contributed by atoms with Crippen molar-refractivity contribution in [1.29, 1.82) is 0 Å². The second kappa shape index (κ2) is 6.96. The number of ether oxygens (including phenoxy) is 1. The minimum absolute atomic E-state index is 0.162. The van der Waals surface area contributed by atoms with Gasteiger partial charge in [-0.3, -0.25) is 4.79 Å². The smallest absolute Gasteiger partial charge is 0.294 e. The average molecular weight is 413 g/mol. The molecule has 0 aliphatic heterocycles. The van der Waals surface area contributed by atoms with Crippen LogP contribution in [0.5, 0.6) is 5.75 Å². The summed E-state index contributed by atoms with van der Waals surface area (Å²) in [5.74, 6) is 0.555. The molecular formula is C20H17BrN2O3. The van der Waals surface area contributed by atoms with E-state index in [-0.39, 0.29) is 11.7 Å². The van der Waals surface area contributed by atoms with Crippen LogP contribution < -0.4 is 10.1 Å². The van der Waals surface area contributed by atoms with Crippen LogP contribution in [0.3, 0.4) is 0 Å². The highest BCUT2D eigenvalue weighted by molar-refractivity contribution is 9.10. The van der Waals surface area contributed by atoms with Gasteiger partial charge in [-0.25, -0.2) is 0 Å². The molecule has 0 radical (unpaired) electrons. The number of nitrogens with zero attached hydrogens (tertiary/aromatic N) is 1. The third-order valence-electron chi connectivity index (χ3n) is 4.53. The molecule has 2 aromatic carbocycles. The second-order valence-corrected chi connectivity index (χ2v) is 7.07. The number of nitrogens with one attached hydrogen (secondary N) is 1. The molecule has 6 heteroatoms. The summed E-state index contributed by atoms with van der Waals surface area (Å²) < 4.78 is 11.3. The Bertz CT molecular complexity index is 981. The van der Waals surface area contributed by atoms with E-state index in [2.05, 4.69) is 32.5 Å². The van der Waals surface area contributed by atoms with Crippen molar-refractivity contribution in [3.8, 4) is 17.0 Å². The molecule has 0 atom stereocenters. The first-order valence-electron chi connectivity index (χ1n) is 8.38. The molecule has 5 nitrogen and oxygen atoms in total. The number of halogens is 1. The van der Waals surface area contributed by atoms with Crippen molar-refractivity contribution in [2.75, 3.05) is 12.4 Å². The molecule has 4 rings (SSSR count). The van der Waals surface area contributed by atoms with Crippen LogP contribution >= 0.6 is 15.9 Å². The van der Waals surface area contributed by atoms with Gasteiger partial charge in [0.15, 0.2) is 0 Å². The fourth-order valence-corrected chi connectivity index (χ4v) is 3.66. The van der Waals surface area contributed by atoms with Crippen LogP contribution in [0.15, 0.2) is 51.5 Å². The number of aromatic nitrogens is 1. The van der Waals surface area contributed by atoms with Crippen LogP contribution in [0.4, 0.5) is 5.69 Å². The van der Waals surface area contributed by atoms with E-state index >= 15 is 0 Å². The summed E-state index contributed by atoms with van der Waals surface area (Å²) in [4.78, 5) is 12.5. The van der Waals surface area contributed by atoms with E-state index in [9.17, 15) is 4.79 Å². The van der Waals surface area contributed by atoms with E-state index in [1.807, 2.05) is 30.3 Å². The maximum atomic E-state index is 12.5. The largest absolute Gasteiger partial charge is 0.497 e. The van der Waals surface area contributed by atoms with E-state index in [1.165, 1.54) is 11.1 Å². The van der Waals surface area contributed by atoms with E-state index in [0.29, 0.717) is 5.69 Å². The zero-order valence-corrected chi connectivity index (χ0v) is 15.8. The molecule has 0 saturated carbocycles. The van der Waals surface area contributed by atoms with Gasteiger partial charge in [0.2, 0.25) is 5.76 Å². The quantitative estimate of drug-likeness (QED) is 0.664. The molecule has 0 unspecified atom stereocenters. The molecule has 0 spiro atoms. The third kappa shape index (κ3) is 3.24. The van der Waals surface area contributed by atoms with Crippen molar-refractivity contribution in [3.05, 3.63) is 63.8 Å². The molecule has 1 aliphatic carbocycles. The lowest BCUT2D eigenvalue weighted by atomic mass is 10.1. The topological polar surface area (TPSA) is 64.4 Å². The van der Waals surface area contributed by atoms with Gasteiger partial charge < -0.3 is 14.6 Å². The van der Waals surface area contributed by atoms with Crippen molar-refractivity contribution in [1.82, 2.24) is 5.16 Å². The van der Waals surface area contributed by atoms with Crippen LogP contribution in [-0.2, 0) is 12.8 Å². The van der Waals surface area contributed by atoms with Crippen LogP contribution in [0, 0.1) is 0 Å². The molecule has 0 saturated heterocycles. The first kappa shape index (κ1) is 16.8. The fourth-order valence-electron chi connectivity index (χ4n) is 3.17. The first-order chi connectivity index (χ1) is 12.6. The zero-order valence-electron chi connectivity index (χ0n) is 14.2. The number of anilines is 1. The number of carbonyl (C=O) groups excluding carboxylic acids is 1. The summed E-state index contributed by atoms with van der Waals surface area (Å²) >= 11 is 3.53. The Morgan fingerprint density at radius 1 is 1.19 bits per heavy atom. The Balaban J connectivity index is 1.55. The maximum absolute atomic E-state index is 12.5. The summed E-state index contributed by atoms with van der Waals surface area (Å²) in [5, 5.41) is 6.90. The molecule has 3 aromatic rings. The number of fused-ring (bicyclic) bond motifs is 1. The molecule has 26 heavy (non-hydrogen) atoms. The van der Waals surface area contributed by atoms with Gasteiger partial charge in [0.1, 0.15) is 11.4 Å². The Hall–Kier alpha value is -2.60. The number of carbonyl (C=O) groups is 1. The lowest BCUT2D eigenvalue weighted by Crippen LogP contribution is -2.11. The van der Waals surface area contributed by atoms with Crippen molar-refractivity contribution in [2.45, 2.75) is 19.3 Å². The van der Waals surface area contributed by atoms with E-state index < -0.39 is 0 Å². The standard InChI is InChI=1S/C20H17BrN2O3/c1-25-15-7-3-6-14(8-15)17-11-19(26-23-17)20(24)22-18-10-13-5-2-4-12(13)9-16(18)21/h3,6-11H,2,4-5H2,1H3,(H,22,24). The highest BCUT2D eigenvalue weighted by atomic mass is 79.9. The average Bonchev–Trinajstić information content (AvgIpc) is 3.31. The molecule has 1 amide bonds. The summed E-state index contributed by atoms with van der Waals surface area (Å²) in [5.41, 5.74) is 4.79. The highest BCUT2D eigenvalue weighted by Crippen LogP contribution is 2.32. The van der Waals surface area contributed by atoms with Crippen molar-refractivity contribution >= 4 is 27.5 Å². The predicted octanol–water partition coefficient (Wildman–Crippen LogP) is 4.85. The summed E-state index contributed by atoms with van der Waals surface area (Å²) in [6.07, 6.45) is 3.30. The molecule has 0 fully saturated rings. The Morgan fingerprint density at radius 2 is 2.00 bits per heavy atom. The molecule has 1 aliphatic rings. The number of rotatable bonds is 4. The summed E-state index contributed by atoms with van der Waals surface area (Å²) in [6, 6.07) is 13.2. The number of amides is 1. The van der Waals surface area contributed by atoms with Crippen molar-refractivity contribution in [3.63, 3.8) is 0 Å². The molecule has 1 N–H and O–H groups in total. The SMILES string of the molecule is COc1cccc(-c2cc(C(=O)Nc3cc4c(cc3Br)CCC4)on2)c1. The number of hydrogen-bond donors (Lipinski definition) is 1. The van der Waals surface area contributed by atoms with Gasteiger partial charge in [0.25, 0.3) is 5.91 Å². The molecular weight excluding hydrogens is 396 g/mol. The van der Waals surface area contributed by atoms with Gasteiger partial charge in [0, 0.05) is 16.1 Å². The first-order valence-corrected chi connectivity index (χ1v) is 9.17. The number of benzene rings is 2. The lowest BCUT2D eigenvalue weighted by Gasteiger charge is -2.08. The lowest BCUT2D eigenvalue weighted by molar-refractivity contribution is 0.0988. The van der Waals surface area contributed by atoms with Crippen molar-refractivity contribution < 1.29 is 14.1 Å². The number of aryl methyl sites for hydroxylation is 2. The van der Waals surface area contributed by atoms with Crippen LogP contribution in [-0.4, -0.2) is 18.2 Å². The number of hydrogen-bond acceptors (Lipinski definition) is 4. The predicted molar refractivity (Wildman–Crippen MR) is 103 cm³/mol. The molecule has 132 valence electrons. The normalized spacial score (nSPS) is 12.7. The van der Waals surface area contributed by atoms with Gasteiger partial charge in [-0.1, -0.05) is 17.3 Å². The van der Waals surface area contributed by atoms with Gasteiger partial charge in [-0.15, -0.1) is 0 Å². The highest BCUT2D eigenvalue weighted by Gasteiger charge is 2.18. The van der Waals surface area contributed by atoms with E-state index in [1.54, 1.807) is 13.2 Å². The maximum Gasteiger partial charge on any atom is 0.294 e. The van der Waals surface area contributed by atoms with Crippen LogP contribution in [0.2, 0.25) is 0 Å². The van der Waals surface area contributed by atoms with E-state index in [0.717, 1.165) is 40.7 Å². The fraction of sp³-hybridized carbons (Fsp3) is 0.200. The third-order valence-corrected chi connectivity index (χ3v) is 5.19. The van der Waals surface area contributed by atoms with Crippen molar-refractivity contribution in [2.24, 2.45) is 0 Å². The van der Waals surface area contributed by atoms with Gasteiger partial charge in [-0.05, 0) is 70.6 Å². The Labute approximate surface area is 159 Å². The minimum Gasteiger partial charge on any atom is -0.497 e. The molecule has 1 heterocycles. The Morgan fingerprint density at radius 3 is 2.81 bits per heavy atom. The minimum atomic E-state index is -0.328. The van der Waals surface area contributed by atoms with Gasteiger partial charge in [0.05, 0.1) is 12.8 Å². The van der Waals surface area contributed by atoms with Gasteiger partial charge >= 0.3 is 0 Å². The summed E-state index contributed by atoms with van der Waals surface area (Å²) in [6.45, 7) is 0. The Kier molecular flexibility index (Phi) is 4.51. The summed E-state index contributed by atoms with van der Waals surface area (Å²) in [7, 11) is 1.61. The molecule has 1 aromatic heterocycles.